The van der Waals surface area contributed by atoms with E-state index in [1.807, 2.05) is 13.1 Å². The predicted octanol–water partition coefficient (Wildman–Crippen LogP) is 1.84. The number of para-hydroxylation sites is 1. The Bertz CT molecular complexity index is 394. The summed E-state index contributed by atoms with van der Waals surface area (Å²) in [5.41, 5.74) is 0.938. The van der Waals surface area contributed by atoms with Crippen LogP contribution in [-0.4, -0.2) is 41.2 Å². The molecule has 1 aromatic carbocycles. The average Bonchev–Trinajstić information content (AvgIpc) is 2.34. The van der Waals surface area contributed by atoms with E-state index in [2.05, 4.69) is 4.90 Å². The highest BCUT2D eigenvalue weighted by molar-refractivity contribution is 5.39. The van der Waals surface area contributed by atoms with Gasteiger partial charge in [-0.25, -0.2) is 0 Å². The smallest absolute Gasteiger partial charge is 0.272 e. The molecule has 0 heterocycles. The molecule has 0 aliphatic rings. The van der Waals surface area contributed by atoms with Crippen molar-refractivity contribution in [2.75, 3.05) is 20.1 Å². The van der Waals surface area contributed by atoms with E-state index in [0.29, 0.717) is 12.8 Å². The molecule has 0 amide bonds. The van der Waals surface area contributed by atoms with Gasteiger partial charge in [-0.2, -0.15) is 0 Å². The highest BCUT2D eigenvalue weighted by atomic mass is 16.6. The van der Waals surface area contributed by atoms with Crippen molar-refractivity contribution in [2.45, 2.75) is 25.9 Å². The number of benzene rings is 1. The fraction of sp³-hybridized carbons (Fsp3) is 0.538. The van der Waals surface area contributed by atoms with E-state index in [0.717, 1.165) is 18.7 Å². The normalized spacial score (nSPS) is 12.7. The second-order valence-electron chi connectivity index (χ2n) is 4.58. The van der Waals surface area contributed by atoms with Gasteiger partial charge in [-0.15, -0.1) is 0 Å². The van der Waals surface area contributed by atoms with Crippen LogP contribution in [0.5, 0.6) is 0 Å². The number of aliphatic hydroxyl groups is 1. The summed E-state index contributed by atoms with van der Waals surface area (Å²) in [5.74, 6) is 0. The van der Waals surface area contributed by atoms with E-state index >= 15 is 0 Å². The molecule has 1 atom stereocenters. The van der Waals surface area contributed by atoms with Crippen molar-refractivity contribution in [1.29, 1.82) is 0 Å². The maximum atomic E-state index is 10.8. The summed E-state index contributed by atoms with van der Waals surface area (Å²) >= 11 is 0. The Labute approximate surface area is 107 Å². The van der Waals surface area contributed by atoms with Gasteiger partial charge in [0.05, 0.1) is 11.0 Å². The van der Waals surface area contributed by atoms with E-state index in [1.54, 1.807) is 19.1 Å². The van der Waals surface area contributed by atoms with E-state index in [1.165, 1.54) is 6.07 Å². The van der Waals surface area contributed by atoms with Crippen molar-refractivity contribution in [1.82, 2.24) is 4.90 Å². The molecule has 5 nitrogen and oxygen atoms in total. The van der Waals surface area contributed by atoms with Crippen LogP contribution < -0.4 is 0 Å². The topological polar surface area (TPSA) is 66.6 Å². The number of nitro groups is 1. The molecule has 5 heteroatoms. The minimum absolute atomic E-state index is 0.182. The van der Waals surface area contributed by atoms with Crippen molar-refractivity contribution < 1.29 is 10.0 Å². The Morgan fingerprint density at radius 3 is 2.67 bits per heavy atom. The zero-order valence-corrected chi connectivity index (χ0v) is 10.9. The molecule has 0 fully saturated rings. The minimum atomic E-state index is -0.342. The fourth-order valence-electron chi connectivity index (χ4n) is 1.73. The van der Waals surface area contributed by atoms with Gasteiger partial charge in [0.2, 0.25) is 0 Å². The Hall–Kier alpha value is -1.46. The quantitative estimate of drug-likeness (QED) is 0.594. The standard InChI is InChI=1S/C13H20N2O3/c1-11(16)7-9-14(2)10-8-12-5-3-4-6-13(12)15(17)18/h3-6,11,16H,7-10H2,1-2H3. The molecule has 0 saturated carbocycles. The number of aliphatic hydroxyl groups excluding tert-OH is 1. The summed E-state index contributed by atoms with van der Waals surface area (Å²) in [6.07, 6.45) is 1.06. The maximum Gasteiger partial charge on any atom is 0.272 e. The van der Waals surface area contributed by atoms with Gasteiger partial charge in [-0.1, -0.05) is 18.2 Å². The second-order valence-corrected chi connectivity index (χ2v) is 4.58. The first-order valence-corrected chi connectivity index (χ1v) is 6.09. The number of nitro benzene ring substituents is 1. The van der Waals surface area contributed by atoms with Crippen molar-refractivity contribution in [3.63, 3.8) is 0 Å². The number of rotatable bonds is 7. The van der Waals surface area contributed by atoms with Gasteiger partial charge in [-0.3, -0.25) is 10.1 Å². The Morgan fingerprint density at radius 2 is 2.06 bits per heavy atom. The Morgan fingerprint density at radius 1 is 1.39 bits per heavy atom. The highest BCUT2D eigenvalue weighted by Gasteiger charge is 2.12. The molecule has 0 aromatic heterocycles. The van der Waals surface area contributed by atoms with Gasteiger partial charge < -0.3 is 10.0 Å². The summed E-state index contributed by atoms with van der Waals surface area (Å²) in [6.45, 7) is 3.30. The number of nitrogens with zero attached hydrogens (tertiary/aromatic N) is 2. The molecular weight excluding hydrogens is 232 g/mol. The van der Waals surface area contributed by atoms with Crippen LogP contribution in [-0.2, 0) is 6.42 Å². The summed E-state index contributed by atoms with van der Waals surface area (Å²) < 4.78 is 0. The van der Waals surface area contributed by atoms with Gasteiger partial charge >= 0.3 is 0 Å². The molecule has 18 heavy (non-hydrogen) atoms. The van der Waals surface area contributed by atoms with Crippen molar-refractivity contribution in [3.05, 3.63) is 39.9 Å². The van der Waals surface area contributed by atoms with Crippen LogP contribution in [0.2, 0.25) is 0 Å². The number of hydrogen-bond donors (Lipinski definition) is 1. The molecule has 100 valence electrons. The van der Waals surface area contributed by atoms with Crippen molar-refractivity contribution in [2.24, 2.45) is 0 Å². The predicted molar refractivity (Wildman–Crippen MR) is 70.6 cm³/mol. The molecule has 0 bridgehead atoms. The molecule has 0 aliphatic heterocycles. The van der Waals surface area contributed by atoms with E-state index in [-0.39, 0.29) is 16.7 Å². The zero-order valence-electron chi connectivity index (χ0n) is 10.9. The van der Waals surface area contributed by atoms with Gasteiger partial charge in [0.15, 0.2) is 0 Å². The largest absolute Gasteiger partial charge is 0.393 e. The molecule has 1 rings (SSSR count). The average molecular weight is 252 g/mol. The van der Waals surface area contributed by atoms with Gasteiger partial charge in [0.25, 0.3) is 5.69 Å². The van der Waals surface area contributed by atoms with Crippen molar-refractivity contribution in [3.8, 4) is 0 Å². The first kappa shape index (κ1) is 14.6. The van der Waals surface area contributed by atoms with Crippen LogP contribution in [0.1, 0.15) is 18.9 Å². The fourth-order valence-corrected chi connectivity index (χ4v) is 1.73. The first-order chi connectivity index (χ1) is 8.50. The van der Waals surface area contributed by atoms with Crippen LogP contribution in [0.4, 0.5) is 5.69 Å². The van der Waals surface area contributed by atoms with Crippen molar-refractivity contribution >= 4 is 5.69 Å². The molecule has 0 spiro atoms. The second kappa shape index (κ2) is 7.08. The summed E-state index contributed by atoms with van der Waals surface area (Å²) in [7, 11) is 1.96. The SMILES string of the molecule is CC(O)CCN(C)CCc1ccccc1[N+](=O)[O-]. The first-order valence-electron chi connectivity index (χ1n) is 6.09. The molecule has 0 radical (unpaired) electrons. The van der Waals surface area contributed by atoms with Gasteiger partial charge in [-0.05, 0) is 26.8 Å². The third kappa shape index (κ3) is 4.81. The van der Waals surface area contributed by atoms with E-state index in [4.69, 9.17) is 0 Å². The highest BCUT2D eigenvalue weighted by Crippen LogP contribution is 2.18. The molecule has 0 aliphatic carbocycles. The third-order valence-electron chi connectivity index (χ3n) is 2.88. The molecule has 1 aromatic rings. The monoisotopic (exact) mass is 252 g/mol. The van der Waals surface area contributed by atoms with Gasteiger partial charge in [0, 0.05) is 24.7 Å². The Balaban J connectivity index is 2.50. The zero-order chi connectivity index (χ0) is 13.5. The summed E-state index contributed by atoms with van der Waals surface area (Å²) in [5, 5.41) is 20.0. The summed E-state index contributed by atoms with van der Waals surface area (Å²) in [4.78, 5) is 12.6. The lowest BCUT2D eigenvalue weighted by Crippen LogP contribution is -2.25. The lowest BCUT2D eigenvalue weighted by molar-refractivity contribution is -0.385. The minimum Gasteiger partial charge on any atom is -0.393 e. The maximum absolute atomic E-state index is 10.8. The molecule has 1 unspecified atom stereocenters. The van der Waals surface area contributed by atoms with E-state index in [9.17, 15) is 15.2 Å². The lowest BCUT2D eigenvalue weighted by Gasteiger charge is -2.17. The lowest BCUT2D eigenvalue weighted by atomic mass is 10.1. The number of hydrogen-bond acceptors (Lipinski definition) is 4. The van der Waals surface area contributed by atoms with Gasteiger partial charge in [0.1, 0.15) is 0 Å². The molecule has 0 saturated heterocycles. The summed E-state index contributed by atoms with van der Waals surface area (Å²) in [6, 6.07) is 6.82. The van der Waals surface area contributed by atoms with Crippen LogP contribution in [0.3, 0.4) is 0 Å². The molecule has 1 N–H and O–H groups in total. The van der Waals surface area contributed by atoms with Crippen LogP contribution in [0.25, 0.3) is 0 Å². The Kier molecular flexibility index (Phi) is 5.74. The molecular formula is C13H20N2O3. The van der Waals surface area contributed by atoms with Crippen LogP contribution in [0, 0.1) is 10.1 Å². The van der Waals surface area contributed by atoms with Crippen LogP contribution in [0.15, 0.2) is 24.3 Å². The third-order valence-corrected chi connectivity index (χ3v) is 2.88. The van der Waals surface area contributed by atoms with Crippen LogP contribution >= 0.6 is 0 Å². The van der Waals surface area contributed by atoms with E-state index < -0.39 is 0 Å². The number of likely N-dealkylation sites (N-methyl/N-ethyl adjacent to an activating group) is 1.